The largest absolute Gasteiger partial charge is 0.507 e. The van der Waals surface area contributed by atoms with Crippen LogP contribution in [0.2, 0.25) is 0 Å². The van der Waals surface area contributed by atoms with Crippen LogP contribution in [0, 0.1) is 13.8 Å². The van der Waals surface area contributed by atoms with Gasteiger partial charge in [0.15, 0.2) is 0 Å². The zero-order valence-corrected chi connectivity index (χ0v) is 22.3. The van der Waals surface area contributed by atoms with Crippen LogP contribution in [0.4, 0.5) is 0 Å². The van der Waals surface area contributed by atoms with Crippen LogP contribution in [0.1, 0.15) is 68.3 Å². The SMILES string of the molecule is CCCCOc1ccc(C2C(=C(O)c3cc(C)ccc3C)C(=O)C(=O)N2CCCN(CC)CC)cc1. The summed E-state index contributed by atoms with van der Waals surface area (Å²) in [6.45, 7) is 14.0. The van der Waals surface area contributed by atoms with Crippen molar-refractivity contribution in [3.05, 3.63) is 70.3 Å². The molecule has 2 aromatic rings. The minimum absolute atomic E-state index is 0.117. The van der Waals surface area contributed by atoms with Crippen LogP contribution in [-0.2, 0) is 9.59 Å². The molecule has 1 heterocycles. The molecule has 1 N–H and O–H groups in total. The van der Waals surface area contributed by atoms with Gasteiger partial charge in [0.25, 0.3) is 11.7 Å². The van der Waals surface area contributed by atoms with Gasteiger partial charge in [-0.05, 0) is 75.6 Å². The van der Waals surface area contributed by atoms with Crippen LogP contribution in [0.5, 0.6) is 5.75 Å². The quantitative estimate of drug-likeness (QED) is 0.180. The lowest BCUT2D eigenvalue weighted by Crippen LogP contribution is -2.33. The second-order valence-corrected chi connectivity index (χ2v) is 9.46. The third-order valence-electron chi connectivity index (χ3n) is 6.92. The Morgan fingerprint density at radius 3 is 2.33 bits per heavy atom. The molecule has 2 aromatic carbocycles. The van der Waals surface area contributed by atoms with Crippen molar-refractivity contribution in [3.8, 4) is 5.75 Å². The van der Waals surface area contributed by atoms with Crippen molar-refractivity contribution in [3.63, 3.8) is 0 Å². The number of carbonyl (C=O) groups excluding carboxylic acids is 2. The number of unbranched alkanes of at least 4 members (excludes halogenated alkanes) is 1. The molecule has 1 aliphatic heterocycles. The van der Waals surface area contributed by atoms with Crippen LogP contribution in [-0.4, -0.2) is 59.4 Å². The van der Waals surface area contributed by atoms with Crippen molar-refractivity contribution >= 4 is 17.4 Å². The van der Waals surface area contributed by atoms with Gasteiger partial charge in [-0.3, -0.25) is 9.59 Å². The van der Waals surface area contributed by atoms with E-state index in [4.69, 9.17) is 4.74 Å². The summed E-state index contributed by atoms with van der Waals surface area (Å²) in [5, 5.41) is 11.4. The minimum Gasteiger partial charge on any atom is -0.507 e. The van der Waals surface area contributed by atoms with Crippen molar-refractivity contribution in [1.29, 1.82) is 0 Å². The van der Waals surface area contributed by atoms with E-state index in [1.54, 1.807) is 4.90 Å². The molecule has 0 spiro atoms. The molecule has 3 rings (SSSR count). The van der Waals surface area contributed by atoms with Gasteiger partial charge in [-0.25, -0.2) is 0 Å². The number of aliphatic hydroxyl groups is 1. The summed E-state index contributed by atoms with van der Waals surface area (Å²) >= 11 is 0. The minimum atomic E-state index is -0.647. The van der Waals surface area contributed by atoms with Gasteiger partial charge in [-0.2, -0.15) is 0 Å². The van der Waals surface area contributed by atoms with Crippen molar-refractivity contribution in [2.45, 2.75) is 59.9 Å². The Balaban J connectivity index is 2.01. The fourth-order valence-electron chi connectivity index (χ4n) is 4.68. The molecule has 0 aromatic heterocycles. The number of aryl methyl sites for hydroxylation is 2. The Morgan fingerprint density at radius 2 is 1.69 bits per heavy atom. The zero-order valence-electron chi connectivity index (χ0n) is 22.3. The lowest BCUT2D eigenvalue weighted by atomic mass is 9.93. The Hall–Kier alpha value is -3.12. The van der Waals surface area contributed by atoms with E-state index in [1.807, 2.05) is 56.3 Å². The monoisotopic (exact) mass is 492 g/mol. The van der Waals surface area contributed by atoms with Gasteiger partial charge >= 0.3 is 0 Å². The molecule has 1 unspecified atom stereocenters. The smallest absolute Gasteiger partial charge is 0.295 e. The number of likely N-dealkylation sites (tertiary alicyclic amines) is 1. The van der Waals surface area contributed by atoms with E-state index in [9.17, 15) is 14.7 Å². The number of carbonyl (C=O) groups is 2. The molecule has 1 amide bonds. The molecule has 0 bridgehead atoms. The van der Waals surface area contributed by atoms with Crippen molar-refractivity contribution < 1.29 is 19.4 Å². The summed E-state index contributed by atoms with van der Waals surface area (Å²) in [4.78, 5) is 30.5. The zero-order chi connectivity index (χ0) is 26.2. The van der Waals surface area contributed by atoms with Gasteiger partial charge < -0.3 is 19.6 Å². The molecular weight excluding hydrogens is 452 g/mol. The summed E-state index contributed by atoms with van der Waals surface area (Å²) in [5.41, 5.74) is 3.34. The van der Waals surface area contributed by atoms with Gasteiger partial charge in [-0.15, -0.1) is 0 Å². The maximum Gasteiger partial charge on any atom is 0.295 e. The van der Waals surface area contributed by atoms with Crippen LogP contribution in [0.15, 0.2) is 48.0 Å². The predicted octanol–water partition coefficient (Wildman–Crippen LogP) is 5.64. The molecule has 6 nitrogen and oxygen atoms in total. The van der Waals surface area contributed by atoms with E-state index < -0.39 is 17.7 Å². The molecule has 36 heavy (non-hydrogen) atoms. The highest BCUT2D eigenvalue weighted by Crippen LogP contribution is 2.40. The average Bonchev–Trinajstić information content (AvgIpc) is 3.13. The van der Waals surface area contributed by atoms with E-state index in [0.29, 0.717) is 18.7 Å². The van der Waals surface area contributed by atoms with Crippen LogP contribution in [0.3, 0.4) is 0 Å². The first-order valence-electron chi connectivity index (χ1n) is 13.1. The Labute approximate surface area is 215 Å². The lowest BCUT2D eigenvalue weighted by Gasteiger charge is -2.27. The van der Waals surface area contributed by atoms with E-state index in [0.717, 1.165) is 61.3 Å². The number of rotatable bonds is 12. The number of Topliss-reactive ketones (excluding diaryl/α,β-unsaturated/α-hetero) is 1. The summed E-state index contributed by atoms with van der Waals surface area (Å²) in [6.07, 6.45) is 2.77. The maximum absolute atomic E-state index is 13.3. The highest BCUT2D eigenvalue weighted by molar-refractivity contribution is 6.46. The average molecular weight is 493 g/mol. The number of aliphatic hydroxyl groups excluding tert-OH is 1. The molecule has 1 atom stereocenters. The van der Waals surface area contributed by atoms with Crippen molar-refractivity contribution in [1.82, 2.24) is 9.80 Å². The summed E-state index contributed by atoms with van der Waals surface area (Å²) in [7, 11) is 0. The molecule has 0 radical (unpaired) electrons. The van der Waals surface area contributed by atoms with Gasteiger partial charge in [0, 0.05) is 12.1 Å². The predicted molar refractivity (Wildman–Crippen MR) is 144 cm³/mol. The lowest BCUT2D eigenvalue weighted by molar-refractivity contribution is -0.140. The first kappa shape index (κ1) is 27.5. The molecule has 0 aliphatic carbocycles. The first-order chi connectivity index (χ1) is 17.3. The Bertz CT molecular complexity index is 1090. The second-order valence-electron chi connectivity index (χ2n) is 9.46. The van der Waals surface area contributed by atoms with Crippen LogP contribution in [0.25, 0.3) is 5.76 Å². The maximum atomic E-state index is 13.3. The molecule has 194 valence electrons. The number of ether oxygens (including phenoxy) is 1. The molecular formula is C30H40N2O4. The number of amides is 1. The topological polar surface area (TPSA) is 70.1 Å². The van der Waals surface area contributed by atoms with E-state index >= 15 is 0 Å². The normalized spacial score (nSPS) is 17.3. The van der Waals surface area contributed by atoms with E-state index in [-0.39, 0.29) is 11.3 Å². The number of nitrogens with zero attached hydrogens (tertiary/aromatic N) is 2. The standard InChI is InChI=1S/C30H40N2O4/c1-6-9-19-36-24-15-13-23(14-16-24)27-26(28(33)25-20-21(4)11-12-22(25)5)29(34)30(35)32(27)18-10-17-31(7-2)8-3/h11-16,20,27,33H,6-10,17-19H2,1-5H3. The molecule has 1 aliphatic rings. The molecule has 1 saturated heterocycles. The van der Waals surface area contributed by atoms with Crippen LogP contribution >= 0.6 is 0 Å². The van der Waals surface area contributed by atoms with Gasteiger partial charge in [0.2, 0.25) is 0 Å². The summed E-state index contributed by atoms with van der Waals surface area (Å²) in [5.74, 6) is -0.562. The third-order valence-corrected chi connectivity index (χ3v) is 6.92. The second kappa shape index (κ2) is 12.7. The number of ketones is 1. The first-order valence-corrected chi connectivity index (χ1v) is 13.1. The fraction of sp³-hybridized carbons (Fsp3) is 0.467. The van der Waals surface area contributed by atoms with Gasteiger partial charge in [-0.1, -0.05) is 57.0 Å². The molecule has 0 saturated carbocycles. The number of hydrogen-bond acceptors (Lipinski definition) is 5. The number of hydrogen-bond donors (Lipinski definition) is 1. The van der Waals surface area contributed by atoms with Crippen molar-refractivity contribution in [2.75, 3.05) is 32.8 Å². The summed E-state index contributed by atoms with van der Waals surface area (Å²) in [6, 6.07) is 12.6. The molecule has 6 heteroatoms. The van der Waals surface area contributed by atoms with Gasteiger partial charge in [0.1, 0.15) is 11.5 Å². The Morgan fingerprint density at radius 1 is 1.00 bits per heavy atom. The highest BCUT2D eigenvalue weighted by atomic mass is 16.5. The molecule has 1 fully saturated rings. The van der Waals surface area contributed by atoms with E-state index in [1.165, 1.54) is 0 Å². The summed E-state index contributed by atoms with van der Waals surface area (Å²) < 4.78 is 5.81. The highest BCUT2D eigenvalue weighted by Gasteiger charge is 2.45. The van der Waals surface area contributed by atoms with E-state index in [2.05, 4.69) is 25.7 Å². The third kappa shape index (κ3) is 6.16. The Kier molecular flexibility index (Phi) is 9.71. The van der Waals surface area contributed by atoms with Crippen molar-refractivity contribution in [2.24, 2.45) is 0 Å². The fourth-order valence-corrected chi connectivity index (χ4v) is 4.68. The van der Waals surface area contributed by atoms with Gasteiger partial charge in [0.05, 0.1) is 18.2 Å². The van der Waals surface area contributed by atoms with Crippen LogP contribution < -0.4 is 4.74 Å². The number of benzene rings is 2.